The summed E-state index contributed by atoms with van der Waals surface area (Å²) >= 11 is 2.86. The summed E-state index contributed by atoms with van der Waals surface area (Å²) in [6.07, 6.45) is 1.49. The van der Waals surface area contributed by atoms with Crippen LogP contribution in [0.5, 0.6) is 17.2 Å². The summed E-state index contributed by atoms with van der Waals surface area (Å²) in [5.41, 5.74) is 0.504. The van der Waals surface area contributed by atoms with E-state index in [9.17, 15) is 24.8 Å². The molecule has 1 aliphatic rings. The van der Waals surface area contributed by atoms with E-state index in [0.29, 0.717) is 33.1 Å². The fourth-order valence-electron chi connectivity index (χ4n) is 4.11. The minimum absolute atomic E-state index is 0.130. The van der Waals surface area contributed by atoms with Gasteiger partial charge in [-0.3, -0.25) is 19.5 Å². The van der Waals surface area contributed by atoms with Crippen molar-refractivity contribution in [1.82, 2.24) is 4.57 Å². The fraction of sp³-hybridized carbons (Fsp3) is 0.240. The first-order chi connectivity index (χ1) is 18.1. The number of halogens is 1. The average molecular weight is 651 g/mol. The van der Waals surface area contributed by atoms with Gasteiger partial charge in [0, 0.05) is 17.7 Å². The SMILES string of the molecule is CCOC(=O)C1=C(C)N=c2s/c(=C\c3cc(I)c(O)c([N+](=O)[O-])c3)c(=O)n2[C@H]1c1ccc(OC)cc1OC. The number of phenols is 1. The maximum absolute atomic E-state index is 13.8. The number of aromatic nitrogens is 1. The summed E-state index contributed by atoms with van der Waals surface area (Å²) in [5.74, 6) is -0.144. The minimum Gasteiger partial charge on any atom is -0.501 e. The number of hydrogen-bond donors (Lipinski definition) is 1. The lowest BCUT2D eigenvalue weighted by molar-refractivity contribution is -0.386. The highest BCUT2D eigenvalue weighted by molar-refractivity contribution is 14.1. The van der Waals surface area contributed by atoms with Crippen LogP contribution in [0.1, 0.15) is 31.0 Å². The van der Waals surface area contributed by atoms with Crippen molar-refractivity contribution < 1.29 is 29.0 Å². The van der Waals surface area contributed by atoms with Crippen LogP contribution < -0.4 is 24.4 Å². The molecule has 0 spiro atoms. The summed E-state index contributed by atoms with van der Waals surface area (Å²) in [7, 11) is 2.99. The number of nitro benzene ring substituents is 1. The molecule has 4 rings (SSSR count). The Morgan fingerprint density at radius 2 is 2.03 bits per heavy atom. The predicted molar refractivity (Wildman–Crippen MR) is 147 cm³/mol. The number of fused-ring (bicyclic) bond motifs is 1. The molecule has 2 aromatic carbocycles. The Morgan fingerprint density at radius 1 is 1.29 bits per heavy atom. The standard InChI is InChI=1S/C25H22IN3O8S/c1-5-37-24(32)20-12(2)27-25-28(21(20)15-7-6-14(35-3)11-18(15)36-4)23(31)19(38-25)10-13-8-16(26)22(30)17(9-13)29(33)34/h6-11,21,30H,5H2,1-4H3/b19-10-/t21-/m0/s1. The number of nitrogens with zero attached hydrogens (tertiary/aromatic N) is 3. The van der Waals surface area contributed by atoms with E-state index in [0.717, 1.165) is 11.3 Å². The smallest absolute Gasteiger partial charge is 0.338 e. The number of nitro groups is 1. The number of rotatable bonds is 7. The summed E-state index contributed by atoms with van der Waals surface area (Å²) < 4.78 is 18.1. The number of aromatic hydroxyl groups is 1. The Hall–Kier alpha value is -3.72. The second-order valence-electron chi connectivity index (χ2n) is 8.04. The summed E-state index contributed by atoms with van der Waals surface area (Å²) in [4.78, 5) is 42.4. The van der Waals surface area contributed by atoms with Crippen molar-refractivity contribution >= 4 is 51.7 Å². The highest BCUT2D eigenvalue weighted by Gasteiger charge is 2.35. The first-order valence-electron chi connectivity index (χ1n) is 11.2. The van der Waals surface area contributed by atoms with Crippen LogP contribution in [0.4, 0.5) is 5.69 Å². The van der Waals surface area contributed by atoms with Gasteiger partial charge in [0.1, 0.15) is 17.5 Å². The second-order valence-corrected chi connectivity index (χ2v) is 10.2. The molecule has 13 heteroatoms. The Balaban J connectivity index is 2.00. The van der Waals surface area contributed by atoms with E-state index in [1.54, 1.807) is 54.6 Å². The fourth-order valence-corrected chi connectivity index (χ4v) is 5.79. The van der Waals surface area contributed by atoms with Crippen LogP contribution in [0.25, 0.3) is 6.08 Å². The summed E-state index contributed by atoms with van der Waals surface area (Å²) in [6.45, 7) is 3.48. The van der Waals surface area contributed by atoms with E-state index in [1.165, 1.54) is 37.0 Å². The van der Waals surface area contributed by atoms with Crippen molar-refractivity contribution in [2.45, 2.75) is 19.9 Å². The first-order valence-corrected chi connectivity index (χ1v) is 13.1. The number of allylic oxidation sites excluding steroid dienone is 1. The Bertz CT molecular complexity index is 1670. The zero-order valence-corrected chi connectivity index (χ0v) is 23.7. The van der Waals surface area contributed by atoms with Crippen LogP contribution in [0.3, 0.4) is 0 Å². The molecule has 38 heavy (non-hydrogen) atoms. The van der Waals surface area contributed by atoms with E-state index >= 15 is 0 Å². The second kappa shape index (κ2) is 10.9. The van der Waals surface area contributed by atoms with Crippen LogP contribution in [0.15, 0.2) is 51.4 Å². The van der Waals surface area contributed by atoms with Crippen molar-refractivity contribution in [2.75, 3.05) is 20.8 Å². The van der Waals surface area contributed by atoms with Crippen LogP contribution >= 0.6 is 33.9 Å². The maximum Gasteiger partial charge on any atom is 0.338 e. The maximum atomic E-state index is 13.8. The van der Waals surface area contributed by atoms with Gasteiger partial charge in [0.2, 0.25) is 5.75 Å². The number of hydrogen-bond acceptors (Lipinski definition) is 10. The number of esters is 1. The van der Waals surface area contributed by atoms with Crippen LogP contribution in [0, 0.1) is 13.7 Å². The summed E-state index contributed by atoms with van der Waals surface area (Å²) in [5, 5.41) is 21.4. The summed E-state index contributed by atoms with van der Waals surface area (Å²) in [6, 6.07) is 6.87. The van der Waals surface area contributed by atoms with Gasteiger partial charge < -0.3 is 19.3 Å². The molecule has 0 unspecified atom stereocenters. The third-order valence-corrected chi connectivity index (χ3v) is 7.62. The molecule has 0 aliphatic carbocycles. The van der Waals surface area contributed by atoms with Gasteiger partial charge in [0.15, 0.2) is 4.80 Å². The molecule has 0 bridgehead atoms. The van der Waals surface area contributed by atoms with E-state index < -0.39 is 33.9 Å². The van der Waals surface area contributed by atoms with Gasteiger partial charge in [-0.05, 0) is 66.3 Å². The predicted octanol–water partition coefficient (Wildman–Crippen LogP) is 3.03. The van der Waals surface area contributed by atoms with Crippen LogP contribution in [-0.2, 0) is 9.53 Å². The molecule has 1 N–H and O–H groups in total. The molecule has 0 saturated heterocycles. The van der Waals surface area contributed by atoms with Gasteiger partial charge in [-0.25, -0.2) is 9.79 Å². The number of thiazole rings is 1. The van der Waals surface area contributed by atoms with E-state index in [-0.39, 0.29) is 20.3 Å². The lowest BCUT2D eigenvalue weighted by Gasteiger charge is -2.26. The molecule has 3 aromatic rings. The highest BCUT2D eigenvalue weighted by atomic mass is 127. The zero-order chi connectivity index (χ0) is 27.7. The van der Waals surface area contributed by atoms with Crippen LogP contribution in [-0.4, -0.2) is 41.4 Å². The van der Waals surface area contributed by atoms with Gasteiger partial charge in [0.25, 0.3) is 5.56 Å². The van der Waals surface area contributed by atoms with Crippen molar-refractivity contribution in [3.63, 3.8) is 0 Å². The largest absolute Gasteiger partial charge is 0.501 e. The Kier molecular flexibility index (Phi) is 7.87. The van der Waals surface area contributed by atoms with Crippen molar-refractivity contribution in [3.05, 3.63) is 86.1 Å². The third-order valence-electron chi connectivity index (χ3n) is 5.81. The molecule has 1 aromatic heterocycles. The first kappa shape index (κ1) is 27.3. The molecule has 0 fully saturated rings. The van der Waals surface area contributed by atoms with Crippen LogP contribution in [0.2, 0.25) is 0 Å². The molecular formula is C25H22IN3O8S. The lowest BCUT2D eigenvalue weighted by atomic mass is 9.95. The molecular weight excluding hydrogens is 629 g/mol. The molecule has 0 amide bonds. The highest BCUT2D eigenvalue weighted by Crippen LogP contribution is 2.38. The quantitative estimate of drug-likeness (QED) is 0.178. The zero-order valence-electron chi connectivity index (χ0n) is 20.7. The van der Waals surface area contributed by atoms with Crippen molar-refractivity contribution in [3.8, 4) is 17.2 Å². The topological polar surface area (TPSA) is 142 Å². The number of methoxy groups -OCH3 is 2. The number of carbonyl (C=O) groups excluding carboxylic acids is 1. The molecule has 0 saturated carbocycles. The minimum atomic E-state index is -0.914. The monoisotopic (exact) mass is 651 g/mol. The number of carbonyl (C=O) groups is 1. The number of phenolic OH excluding ortho intramolecular Hbond substituents is 1. The molecule has 11 nitrogen and oxygen atoms in total. The molecule has 1 aliphatic heterocycles. The van der Waals surface area contributed by atoms with Gasteiger partial charge >= 0.3 is 11.7 Å². The molecule has 1 atom stereocenters. The van der Waals surface area contributed by atoms with E-state index in [4.69, 9.17) is 14.2 Å². The number of benzene rings is 2. The molecule has 2 heterocycles. The Morgan fingerprint density at radius 3 is 2.66 bits per heavy atom. The molecule has 198 valence electrons. The lowest BCUT2D eigenvalue weighted by Crippen LogP contribution is -2.40. The molecule has 0 radical (unpaired) electrons. The average Bonchev–Trinajstić information content (AvgIpc) is 3.18. The van der Waals surface area contributed by atoms with Gasteiger partial charge in [0.05, 0.1) is 45.1 Å². The third kappa shape index (κ3) is 4.90. The van der Waals surface area contributed by atoms with E-state index in [2.05, 4.69) is 4.99 Å². The number of ether oxygens (including phenoxy) is 3. The normalized spacial score (nSPS) is 15.1. The van der Waals surface area contributed by atoms with Gasteiger partial charge in [-0.2, -0.15) is 0 Å². The van der Waals surface area contributed by atoms with Gasteiger partial charge in [-0.15, -0.1) is 0 Å². The Labute approximate surface area is 233 Å². The van der Waals surface area contributed by atoms with Crippen molar-refractivity contribution in [1.29, 1.82) is 0 Å². The van der Waals surface area contributed by atoms with Crippen molar-refractivity contribution in [2.24, 2.45) is 4.99 Å². The van der Waals surface area contributed by atoms with Gasteiger partial charge in [-0.1, -0.05) is 11.3 Å². The van der Waals surface area contributed by atoms with E-state index in [1.807, 2.05) is 0 Å².